The first-order chi connectivity index (χ1) is 13.6. The molecule has 1 atom stereocenters. The van der Waals surface area contributed by atoms with Crippen LogP contribution in [0.4, 0.5) is 14.5 Å². The summed E-state index contributed by atoms with van der Waals surface area (Å²) in [6.07, 6.45) is 0.813. The van der Waals surface area contributed by atoms with Crippen molar-refractivity contribution in [2.24, 2.45) is 4.99 Å². The number of halogens is 2. The summed E-state index contributed by atoms with van der Waals surface area (Å²) >= 11 is 0. The molecule has 0 amide bonds. The van der Waals surface area contributed by atoms with Gasteiger partial charge < -0.3 is 20.4 Å². The summed E-state index contributed by atoms with van der Waals surface area (Å²) < 4.78 is 28.0. The molecule has 8 heteroatoms. The highest BCUT2D eigenvalue weighted by molar-refractivity contribution is 5.80. The number of para-hydroxylation sites is 1. The number of hydrogen-bond donors (Lipinski definition) is 2. The first kappa shape index (κ1) is 20.8. The number of nitrogens with zero attached hydrogens (tertiary/aromatic N) is 4. The van der Waals surface area contributed by atoms with Crippen LogP contribution in [-0.2, 0) is 0 Å². The molecule has 0 aromatic heterocycles. The first-order valence-electron chi connectivity index (χ1n) is 10.2. The number of guanidine groups is 1. The smallest absolute Gasteiger partial charge is 0.191 e. The molecule has 0 radical (unpaired) electrons. The molecule has 0 bridgehead atoms. The monoisotopic (exact) mass is 394 g/mol. The highest BCUT2D eigenvalue weighted by Crippen LogP contribution is 2.26. The topological polar surface area (TPSA) is 46.1 Å². The number of nitrogens with one attached hydrogen (secondary N) is 2. The molecule has 28 heavy (non-hydrogen) atoms. The number of anilines is 1. The number of benzene rings is 1. The van der Waals surface area contributed by atoms with Gasteiger partial charge in [-0.3, -0.25) is 9.89 Å². The molecule has 2 saturated heterocycles. The van der Waals surface area contributed by atoms with Crippen LogP contribution in [0.5, 0.6) is 0 Å². The van der Waals surface area contributed by atoms with Crippen LogP contribution in [0.2, 0.25) is 0 Å². The van der Waals surface area contributed by atoms with Gasteiger partial charge in [0.2, 0.25) is 0 Å². The molecule has 2 N–H and O–H groups in total. The summed E-state index contributed by atoms with van der Waals surface area (Å²) in [5.74, 6) is -0.272. The lowest BCUT2D eigenvalue weighted by molar-refractivity contribution is 0.139. The zero-order chi connectivity index (χ0) is 19.9. The molecule has 2 heterocycles. The zero-order valence-electron chi connectivity index (χ0n) is 16.9. The lowest BCUT2D eigenvalue weighted by Gasteiger charge is -2.34. The van der Waals surface area contributed by atoms with Gasteiger partial charge in [-0.2, -0.15) is 0 Å². The van der Waals surface area contributed by atoms with Crippen LogP contribution >= 0.6 is 0 Å². The average molecular weight is 395 g/mol. The molecule has 3 rings (SSSR count). The molecule has 2 aliphatic heterocycles. The van der Waals surface area contributed by atoms with Gasteiger partial charge in [0.05, 0.1) is 0 Å². The van der Waals surface area contributed by atoms with E-state index in [9.17, 15) is 8.78 Å². The number of hydrogen-bond acceptors (Lipinski definition) is 4. The van der Waals surface area contributed by atoms with Gasteiger partial charge in [0.15, 0.2) is 5.96 Å². The zero-order valence-corrected chi connectivity index (χ0v) is 16.9. The Morgan fingerprint density at radius 1 is 1.11 bits per heavy atom. The highest BCUT2D eigenvalue weighted by Gasteiger charge is 2.27. The normalized spacial score (nSPS) is 21.9. The third-order valence-electron chi connectivity index (χ3n) is 5.64. The molecule has 0 spiro atoms. The van der Waals surface area contributed by atoms with Crippen LogP contribution in [0.1, 0.15) is 13.3 Å². The van der Waals surface area contributed by atoms with E-state index >= 15 is 0 Å². The van der Waals surface area contributed by atoms with Crippen molar-refractivity contribution in [2.75, 3.05) is 70.9 Å². The molecule has 0 saturated carbocycles. The lowest BCUT2D eigenvalue weighted by atomic mass is 10.2. The molecular formula is C20H32F2N6. The molecule has 2 fully saturated rings. The Balaban J connectivity index is 1.42. The van der Waals surface area contributed by atoms with Crippen LogP contribution < -0.4 is 15.5 Å². The van der Waals surface area contributed by atoms with Gasteiger partial charge in [0.25, 0.3) is 0 Å². The molecule has 2 aliphatic rings. The van der Waals surface area contributed by atoms with Crippen molar-refractivity contribution in [3.8, 4) is 0 Å². The van der Waals surface area contributed by atoms with Crippen LogP contribution in [0, 0.1) is 11.6 Å². The third-order valence-corrected chi connectivity index (χ3v) is 5.64. The summed E-state index contributed by atoms with van der Waals surface area (Å²) in [6, 6.07) is 4.12. The van der Waals surface area contributed by atoms with Crippen molar-refractivity contribution < 1.29 is 8.78 Å². The quantitative estimate of drug-likeness (QED) is 0.563. The minimum absolute atomic E-state index is 0.0703. The van der Waals surface area contributed by atoms with Gasteiger partial charge in [-0.25, -0.2) is 8.78 Å². The van der Waals surface area contributed by atoms with E-state index in [1.807, 2.05) is 0 Å². The van der Waals surface area contributed by atoms with E-state index in [0.717, 1.165) is 58.2 Å². The standard InChI is InChI=1S/C20H32F2N6/c1-3-26-11-13-27(14-12-26)10-8-24-20(23-2)25-16-7-9-28(15-16)19-17(21)5-4-6-18(19)22/h4-6,16H,3,7-15H2,1-2H3,(H2,23,24,25). The molecule has 1 aromatic carbocycles. The second-order valence-electron chi connectivity index (χ2n) is 7.42. The highest BCUT2D eigenvalue weighted by atomic mass is 19.1. The van der Waals surface area contributed by atoms with Crippen molar-refractivity contribution in [1.82, 2.24) is 20.4 Å². The number of rotatable bonds is 6. The van der Waals surface area contributed by atoms with Gasteiger partial charge in [-0.05, 0) is 25.1 Å². The van der Waals surface area contributed by atoms with Crippen molar-refractivity contribution in [1.29, 1.82) is 0 Å². The van der Waals surface area contributed by atoms with Crippen molar-refractivity contribution in [3.63, 3.8) is 0 Å². The second kappa shape index (κ2) is 10.0. The van der Waals surface area contributed by atoms with E-state index in [4.69, 9.17) is 0 Å². The molecule has 6 nitrogen and oxygen atoms in total. The Morgan fingerprint density at radius 2 is 1.79 bits per heavy atom. The van der Waals surface area contributed by atoms with Gasteiger partial charge in [-0.1, -0.05) is 13.0 Å². The van der Waals surface area contributed by atoms with Crippen molar-refractivity contribution in [3.05, 3.63) is 29.8 Å². The first-order valence-corrected chi connectivity index (χ1v) is 10.2. The van der Waals surface area contributed by atoms with E-state index in [0.29, 0.717) is 13.1 Å². The summed E-state index contributed by atoms with van der Waals surface area (Å²) in [6.45, 7) is 10.8. The molecular weight excluding hydrogens is 362 g/mol. The Bertz CT molecular complexity index is 640. The summed E-state index contributed by atoms with van der Waals surface area (Å²) in [7, 11) is 1.75. The predicted molar refractivity (Wildman–Crippen MR) is 110 cm³/mol. The third kappa shape index (κ3) is 5.32. The maximum atomic E-state index is 14.0. The van der Waals surface area contributed by atoms with E-state index in [-0.39, 0.29) is 11.7 Å². The minimum atomic E-state index is -0.508. The van der Waals surface area contributed by atoms with Gasteiger partial charge in [-0.15, -0.1) is 0 Å². The van der Waals surface area contributed by atoms with Crippen molar-refractivity contribution >= 4 is 11.6 Å². The fourth-order valence-electron chi connectivity index (χ4n) is 3.92. The fourth-order valence-corrected chi connectivity index (χ4v) is 3.92. The molecule has 0 aliphatic carbocycles. The largest absolute Gasteiger partial charge is 0.365 e. The van der Waals surface area contributed by atoms with Gasteiger partial charge in [0.1, 0.15) is 17.3 Å². The summed E-state index contributed by atoms with van der Waals surface area (Å²) in [5.41, 5.74) is 0.0703. The Hall–Kier alpha value is -1.93. The average Bonchev–Trinajstić information content (AvgIpc) is 3.15. The van der Waals surface area contributed by atoms with Crippen LogP contribution in [0.3, 0.4) is 0 Å². The Kier molecular flexibility index (Phi) is 7.44. The number of piperazine rings is 1. The van der Waals surface area contributed by atoms with E-state index < -0.39 is 11.6 Å². The molecule has 1 aromatic rings. The van der Waals surface area contributed by atoms with E-state index in [1.54, 1.807) is 11.9 Å². The maximum absolute atomic E-state index is 14.0. The number of likely N-dealkylation sites (N-methyl/N-ethyl adjacent to an activating group) is 1. The van der Waals surface area contributed by atoms with Crippen LogP contribution in [0.15, 0.2) is 23.2 Å². The predicted octanol–water partition coefficient (Wildman–Crippen LogP) is 1.35. The van der Waals surface area contributed by atoms with E-state index in [2.05, 4.69) is 32.3 Å². The van der Waals surface area contributed by atoms with E-state index in [1.165, 1.54) is 18.2 Å². The Labute approximate surface area is 166 Å². The molecule has 156 valence electrons. The van der Waals surface area contributed by atoms with Crippen molar-refractivity contribution in [2.45, 2.75) is 19.4 Å². The summed E-state index contributed by atoms with van der Waals surface area (Å²) in [5, 5.41) is 6.75. The van der Waals surface area contributed by atoms with Crippen LogP contribution in [-0.4, -0.2) is 87.8 Å². The molecule has 1 unspecified atom stereocenters. The minimum Gasteiger partial charge on any atom is -0.365 e. The summed E-state index contributed by atoms with van der Waals surface area (Å²) in [4.78, 5) is 11.0. The maximum Gasteiger partial charge on any atom is 0.191 e. The fraction of sp³-hybridized carbons (Fsp3) is 0.650. The Morgan fingerprint density at radius 3 is 2.43 bits per heavy atom. The van der Waals surface area contributed by atoms with Gasteiger partial charge >= 0.3 is 0 Å². The number of aliphatic imine (C=N–C) groups is 1. The SMILES string of the molecule is CCN1CCN(CCNC(=NC)NC2CCN(c3c(F)cccc3F)C2)CC1. The lowest BCUT2D eigenvalue weighted by Crippen LogP contribution is -2.50. The van der Waals surface area contributed by atoms with Crippen LogP contribution in [0.25, 0.3) is 0 Å². The van der Waals surface area contributed by atoms with Gasteiger partial charge in [0, 0.05) is 65.4 Å². The second-order valence-corrected chi connectivity index (χ2v) is 7.42.